The van der Waals surface area contributed by atoms with Crippen molar-refractivity contribution < 1.29 is 0 Å². The van der Waals surface area contributed by atoms with Crippen molar-refractivity contribution in [2.75, 3.05) is 11.5 Å². The minimum atomic E-state index is 0.552. The average Bonchev–Trinajstić information content (AvgIpc) is 3.17. The number of aromatic nitrogens is 3. The van der Waals surface area contributed by atoms with Crippen molar-refractivity contribution in [2.45, 2.75) is 36.3 Å². The summed E-state index contributed by atoms with van der Waals surface area (Å²) in [5.74, 6) is 3.82. The van der Waals surface area contributed by atoms with Crippen LogP contribution in [0.25, 0.3) is 11.2 Å². The number of imidazole rings is 1. The molecule has 0 aliphatic carbocycles. The molecule has 3 nitrogen and oxygen atoms in total. The minimum Gasteiger partial charge on any atom is -0.299 e. The Hall–Kier alpha value is -0.680. The van der Waals surface area contributed by atoms with Gasteiger partial charge in [-0.2, -0.15) is 11.8 Å². The summed E-state index contributed by atoms with van der Waals surface area (Å²) in [4.78, 5) is 9.50. The number of rotatable bonds is 2. The zero-order valence-corrected chi connectivity index (χ0v) is 12.4. The number of hydrogen-bond acceptors (Lipinski definition) is 4. The monoisotopic (exact) mass is 291 g/mol. The molecule has 0 N–H and O–H groups in total. The van der Waals surface area contributed by atoms with Crippen LogP contribution >= 0.6 is 23.5 Å². The predicted octanol–water partition coefficient (Wildman–Crippen LogP) is 4.03. The maximum absolute atomic E-state index is 4.91. The number of hydrogen-bond donors (Lipinski definition) is 0. The van der Waals surface area contributed by atoms with Gasteiger partial charge in [-0.05, 0) is 49.3 Å². The fourth-order valence-electron chi connectivity index (χ4n) is 3.00. The van der Waals surface area contributed by atoms with Gasteiger partial charge in [-0.3, -0.25) is 4.57 Å². The third-order valence-corrected chi connectivity index (χ3v) is 6.62. The van der Waals surface area contributed by atoms with Crippen LogP contribution in [0.4, 0.5) is 0 Å². The van der Waals surface area contributed by atoms with Gasteiger partial charge in [0.15, 0.2) is 5.65 Å². The summed E-state index contributed by atoms with van der Waals surface area (Å²) in [6, 6.07) is 4.09. The Bertz CT molecular complexity index is 583. The van der Waals surface area contributed by atoms with Crippen LogP contribution in [0.1, 0.15) is 42.1 Å². The first-order valence-corrected chi connectivity index (χ1v) is 9.09. The molecule has 2 fully saturated rings. The number of nitrogens with zero attached hydrogens (tertiary/aromatic N) is 3. The summed E-state index contributed by atoms with van der Waals surface area (Å²) in [6.07, 6.45) is 7.07. The molecule has 5 heteroatoms. The topological polar surface area (TPSA) is 30.7 Å². The Morgan fingerprint density at radius 2 is 2.05 bits per heavy atom. The van der Waals surface area contributed by atoms with Crippen LogP contribution in [0.3, 0.4) is 0 Å². The van der Waals surface area contributed by atoms with Gasteiger partial charge in [0.1, 0.15) is 11.3 Å². The van der Waals surface area contributed by atoms with E-state index in [2.05, 4.69) is 39.1 Å². The molecule has 2 aliphatic rings. The van der Waals surface area contributed by atoms with E-state index in [0.717, 1.165) is 11.2 Å². The van der Waals surface area contributed by atoms with Gasteiger partial charge in [0, 0.05) is 6.20 Å². The first-order valence-electron chi connectivity index (χ1n) is 6.99. The van der Waals surface area contributed by atoms with Crippen LogP contribution < -0.4 is 0 Å². The molecule has 0 amide bonds. The van der Waals surface area contributed by atoms with Crippen LogP contribution in [-0.4, -0.2) is 26.0 Å². The zero-order chi connectivity index (χ0) is 12.7. The highest BCUT2D eigenvalue weighted by atomic mass is 32.2. The van der Waals surface area contributed by atoms with Gasteiger partial charge in [0.05, 0.1) is 10.6 Å². The summed E-state index contributed by atoms with van der Waals surface area (Å²) in [6.45, 7) is 0. The average molecular weight is 291 g/mol. The van der Waals surface area contributed by atoms with Crippen LogP contribution in [0, 0.1) is 0 Å². The van der Waals surface area contributed by atoms with Gasteiger partial charge in [-0.25, -0.2) is 9.97 Å². The molecule has 100 valence electrons. The Morgan fingerprint density at radius 1 is 1.16 bits per heavy atom. The molecule has 0 saturated carbocycles. The van der Waals surface area contributed by atoms with E-state index in [1.807, 2.05) is 12.3 Å². The lowest BCUT2D eigenvalue weighted by atomic mass is 10.2. The zero-order valence-electron chi connectivity index (χ0n) is 10.8. The van der Waals surface area contributed by atoms with Gasteiger partial charge in [0.2, 0.25) is 0 Å². The summed E-state index contributed by atoms with van der Waals surface area (Å²) >= 11 is 4.12. The van der Waals surface area contributed by atoms with Crippen molar-refractivity contribution in [3.05, 3.63) is 24.2 Å². The summed E-state index contributed by atoms with van der Waals surface area (Å²) < 4.78 is 2.44. The van der Waals surface area contributed by atoms with E-state index < -0.39 is 0 Å². The standard InChI is InChI=1S/C14H17N3S2/c1-4-10-13(15-7-1)17(12-6-3-9-19-12)14(16-10)11-5-2-8-18-11/h1,4,7,11-12H,2-3,5-6,8-9H2. The molecule has 2 atom stereocenters. The lowest BCUT2D eigenvalue weighted by molar-refractivity contribution is 0.610. The van der Waals surface area contributed by atoms with Crippen LogP contribution in [0.2, 0.25) is 0 Å². The van der Waals surface area contributed by atoms with Gasteiger partial charge in [-0.1, -0.05) is 0 Å². The fourth-order valence-corrected chi connectivity index (χ4v) is 5.57. The Labute approximate surface area is 121 Å². The second-order valence-electron chi connectivity index (χ2n) is 5.16. The summed E-state index contributed by atoms with van der Waals surface area (Å²) in [7, 11) is 0. The number of pyridine rings is 1. The summed E-state index contributed by atoms with van der Waals surface area (Å²) in [5, 5.41) is 1.13. The SMILES string of the molecule is c1cnc2c(c1)nc(C1CCCS1)n2C1CCCS1. The smallest absolute Gasteiger partial charge is 0.161 e. The molecule has 0 radical (unpaired) electrons. The fraction of sp³-hybridized carbons (Fsp3) is 0.571. The van der Waals surface area contributed by atoms with Crippen molar-refractivity contribution in [2.24, 2.45) is 0 Å². The van der Waals surface area contributed by atoms with Crippen molar-refractivity contribution in [1.29, 1.82) is 0 Å². The molecular formula is C14H17N3S2. The third kappa shape index (κ3) is 2.07. The van der Waals surface area contributed by atoms with Gasteiger partial charge in [0.25, 0.3) is 0 Å². The predicted molar refractivity (Wildman–Crippen MR) is 82.7 cm³/mol. The largest absolute Gasteiger partial charge is 0.299 e. The van der Waals surface area contributed by atoms with Crippen molar-refractivity contribution >= 4 is 34.7 Å². The molecule has 0 spiro atoms. The van der Waals surface area contributed by atoms with E-state index >= 15 is 0 Å². The number of thioether (sulfide) groups is 2. The second-order valence-corrected chi connectivity index (χ2v) is 7.75. The highest BCUT2D eigenvalue weighted by Crippen LogP contribution is 2.45. The third-order valence-electron chi connectivity index (χ3n) is 3.89. The van der Waals surface area contributed by atoms with E-state index in [0.29, 0.717) is 10.6 Å². The lowest BCUT2D eigenvalue weighted by Gasteiger charge is -2.17. The molecule has 19 heavy (non-hydrogen) atoms. The van der Waals surface area contributed by atoms with Crippen molar-refractivity contribution in [1.82, 2.24) is 14.5 Å². The number of fused-ring (bicyclic) bond motifs is 1. The molecule has 4 rings (SSSR count). The normalized spacial score (nSPS) is 27.4. The maximum atomic E-state index is 4.91. The van der Waals surface area contributed by atoms with E-state index in [-0.39, 0.29) is 0 Å². The first kappa shape index (κ1) is 12.1. The van der Waals surface area contributed by atoms with E-state index in [4.69, 9.17) is 4.98 Å². The molecule has 2 aromatic heterocycles. The highest BCUT2D eigenvalue weighted by molar-refractivity contribution is 8.00. The maximum Gasteiger partial charge on any atom is 0.161 e. The molecular weight excluding hydrogens is 274 g/mol. The van der Waals surface area contributed by atoms with Crippen molar-refractivity contribution in [3.8, 4) is 0 Å². The Kier molecular flexibility index (Phi) is 3.19. The molecule has 4 heterocycles. The molecule has 2 unspecified atom stereocenters. The van der Waals surface area contributed by atoms with Crippen LogP contribution in [0.5, 0.6) is 0 Å². The molecule has 2 saturated heterocycles. The van der Waals surface area contributed by atoms with Gasteiger partial charge in [-0.15, -0.1) is 11.8 Å². The lowest BCUT2D eigenvalue weighted by Crippen LogP contribution is -2.09. The van der Waals surface area contributed by atoms with E-state index in [1.54, 1.807) is 0 Å². The van der Waals surface area contributed by atoms with Crippen LogP contribution in [0.15, 0.2) is 18.3 Å². The quantitative estimate of drug-likeness (QED) is 0.836. The Balaban J connectivity index is 1.87. The second kappa shape index (κ2) is 5.02. The van der Waals surface area contributed by atoms with Crippen LogP contribution in [-0.2, 0) is 0 Å². The Morgan fingerprint density at radius 3 is 2.84 bits per heavy atom. The minimum absolute atomic E-state index is 0.552. The molecule has 2 aromatic rings. The van der Waals surface area contributed by atoms with E-state index in [9.17, 15) is 0 Å². The summed E-state index contributed by atoms with van der Waals surface area (Å²) in [5.41, 5.74) is 2.15. The first-order chi connectivity index (χ1) is 9.43. The van der Waals surface area contributed by atoms with Gasteiger partial charge >= 0.3 is 0 Å². The van der Waals surface area contributed by atoms with Crippen molar-refractivity contribution in [3.63, 3.8) is 0 Å². The van der Waals surface area contributed by atoms with Gasteiger partial charge < -0.3 is 0 Å². The molecule has 0 bridgehead atoms. The van der Waals surface area contributed by atoms with E-state index in [1.165, 1.54) is 43.0 Å². The molecule has 2 aliphatic heterocycles. The highest BCUT2D eigenvalue weighted by Gasteiger charge is 2.29. The molecule has 0 aromatic carbocycles.